The van der Waals surface area contributed by atoms with Crippen LogP contribution in [0.15, 0.2) is 6.07 Å². The maximum absolute atomic E-state index is 5.77. The second-order valence-corrected chi connectivity index (χ2v) is 8.31. The van der Waals surface area contributed by atoms with Crippen LogP contribution in [-0.2, 0) is 6.42 Å². The molecule has 126 valence electrons. The molecule has 0 aliphatic carbocycles. The number of aromatic nitrogens is 2. The molecule has 0 bridgehead atoms. The van der Waals surface area contributed by atoms with E-state index in [0.29, 0.717) is 18.4 Å². The van der Waals surface area contributed by atoms with E-state index in [0.717, 1.165) is 24.5 Å². The monoisotopic (exact) mass is 307 g/mol. The minimum atomic E-state index is -0.0348. The van der Waals surface area contributed by atoms with Crippen LogP contribution in [0.2, 0.25) is 0 Å². The Morgan fingerprint density at radius 1 is 1.14 bits per heavy atom. The number of ether oxygens (including phenoxy) is 1. The minimum Gasteiger partial charge on any atom is -0.477 e. The van der Waals surface area contributed by atoms with Crippen LogP contribution in [0.3, 0.4) is 0 Å². The van der Waals surface area contributed by atoms with Gasteiger partial charge >= 0.3 is 0 Å². The molecular formula is C18H33N3O. The summed E-state index contributed by atoms with van der Waals surface area (Å²) in [5.74, 6) is 2.80. The van der Waals surface area contributed by atoms with Crippen molar-refractivity contribution in [2.24, 2.45) is 11.3 Å². The number of aryl methyl sites for hydroxylation is 1. The van der Waals surface area contributed by atoms with Gasteiger partial charge in [0.1, 0.15) is 11.6 Å². The van der Waals surface area contributed by atoms with Gasteiger partial charge in [0.05, 0.1) is 6.61 Å². The zero-order chi connectivity index (χ0) is 17.0. The van der Waals surface area contributed by atoms with E-state index >= 15 is 0 Å². The van der Waals surface area contributed by atoms with Crippen molar-refractivity contribution in [1.82, 2.24) is 9.97 Å². The Morgan fingerprint density at radius 2 is 1.77 bits per heavy atom. The molecule has 0 amide bonds. The summed E-state index contributed by atoms with van der Waals surface area (Å²) in [4.78, 5) is 9.05. The molecule has 0 aliphatic heterocycles. The number of rotatable bonds is 7. The van der Waals surface area contributed by atoms with Crippen LogP contribution in [-0.4, -0.2) is 22.1 Å². The number of hydrogen-bond acceptors (Lipinski definition) is 4. The Morgan fingerprint density at radius 3 is 2.27 bits per heavy atom. The molecule has 4 heteroatoms. The van der Waals surface area contributed by atoms with Crippen LogP contribution in [0.25, 0.3) is 0 Å². The fourth-order valence-corrected chi connectivity index (χ4v) is 2.74. The fraction of sp³-hybridized carbons (Fsp3) is 0.778. The molecule has 0 saturated carbocycles. The van der Waals surface area contributed by atoms with Crippen LogP contribution >= 0.6 is 0 Å². The van der Waals surface area contributed by atoms with Crippen molar-refractivity contribution in [2.75, 3.05) is 11.9 Å². The summed E-state index contributed by atoms with van der Waals surface area (Å²) in [6, 6.07) is 1.91. The molecule has 0 aliphatic rings. The normalized spacial score (nSPS) is 12.6. The van der Waals surface area contributed by atoms with Gasteiger partial charge in [-0.3, -0.25) is 0 Å². The number of nitrogens with one attached hydrogen (secondary N) is 1. The third-order valence-electron chi connectivity index (χ3n) is 3.07. The topological polar surface area (TPSA) is 47.0 Å². The van der Waals surface area contributed by atoms with Crippen LogP contribution in [0, 0.1) is 11.3 Å². The van der Waals surface area contributed by atoms with Gasteiger partial charge in [0, 0.05) is 18.0 Å². The summed E-state index contributed by atoms with van der Waals surface area (Å²) < 4.78 is 5.77. The molecule has 0 radical (unpaired) electrons. The molecule has 0 atom stereocenters. The van der Waals surface area contributed by atoms with E-state index in [1.165, 1.54) is 0 Å². The van der Waals surface area contributed by atoms with Gasteiger partial charge < -0.3 is 10.1 Å². The lowest BCUT2D eigenvalue weighted by Gasteiger charge is -2.33. The zero-order valence-corrected chi connectivity index (χ0v) is 15.6. The molecule has 1 heterocycles. The van der Waals surface area contributed by atoms with Gasteiger partial charge in [0.2, 0.25) is 5.88 Å². The Balaban J connectivity index is 2.91. The molecule has 4 nitrogen and oxygen atoms in total. The van der Waals surface area contributed by atoms with Crippen LogP contribution in [0.4, 0.5) is 5.82 Å². The van der Waals surface area contributed by atoms with E-state index in [9.17, 15) is 0 Å². The summed E-state index contributed by atoms with van der Waals surface area (Å²) in [6.07, 6.45) is 1.85. The smallest absolute Gasteiger partial charge is 0.218 e. The van der Waals surface area contributed by atoms with Gasteiger partial charge in [0.15, 0.2) is 0 Å². The van der Waals surface area contributed by atoms with Crippen LogP contribution < -0.4 is 10.1 Å². The second-order valence-electron chi connectivity index (χ2n) is 8.31. The third kappa shape index (κ3) is 7.10. The molecule has 0 aromatic carbocycles. The van der Waals surface area contributed by atoms with Crippen molar-refractivity contribution in [2.45, 2.75) is 73.8 Å². The first-order chi connectivity index (χ1) is 10.0. The average Bonchev–Trinajstić information content (AvgIpc) is 2.32. The van der Waals surface area contributed by atoms with Gasteiger partial charge in [-0.1, -0.05) is 41.5 Å². The summed E-state index contributed by atoms with van der Waals surface area (Å²) in [7, 11) is 0. The minimum absolute atomic E-state index is 0.0348. The maximum atomic E-state index is 5.77. The number of hydrogen-bond donors (Lipinski definition) is 1. The van der Waals surface area contributed by atoms with E-state index in [-0.39, 0.29) is 11.0 Å². The Kier molecular flexibility index (Phi) is 6.21. The van der Waals surface area contributed by atoms with Crippen molar-refractivity contribution in [3.63, 3.8) is 0 Å². The number of anilines is 1. The third-order valence-corrected chi connectivity index (χ3v) is 3.07. The molecule has 1 aromatic heterocycles. The van der Waals surface area contributed by atoms with E-state index in [1.807, 2.05) is 6.07 Å². The summed E-state index contributed by atoms with van der Waals surface area (Å²) in [5, 5.41) is 3.55. The van der Waals surface area contributed by atoms with Crippen molar-refractivity contribution < 1.29 is 4.74 Å². The molecule has 0 saturated heterocycles. The van der Waals surface area contributed by atoms with Crippen LogP contribution in [0.5, 0.6) is 5.88 Å². The van der Waals surface area contributed by atoms with Crippen molar-refractivity contribution >= 4 is 5.82 Å². The molecular weight excluding hydrogens is 274 g/mol. The highest BCUT2D eigenvalue weighted by Gasteiger charge is 2.26. The molecule has 1 aromatic rings. The quantitative estimate of drug-likeness (QED) is 0.793. The Labute approximate surface area is 136 Å². The van der Waals surface area contributed by atoms with Crippen molar-refractivity contribution in [1.29, 1.82) is 0 Å². The zero-order valence-electron chi connectivity index (χ0n) is 15.6. The van der Waals surface area contributed by atoms with Gasteiger partial charge in [-0.15, -0.1) is 0 Å². The van der Waals surface area contributed by atoms with Crippen molar-refractivity contribution in [3.05, 3.63) is 11.9 Å². The van der Waals surface area contributed by atoms with E-state index in [2.05, 4.69) is 70.7 Å². The fourth-order valence-electron chi connectivity index (χ4n) is 2.74. The Bertz CT molecular complexity index is 476. The Hall–Kier alpha value is -1.32. The van der Waals surface area contributed by atoms with E-state index in [1.54, 1.807) is 0 Å². The summed E-state index contributed by atoms with van der Waals surface area (Å²) in [5.41, 5.74) is 0.223. The summed E-state index contributed by atoms with van der Waals surface area (Å²) >= 11 is 0. The highest BCUT2D eigenvalue weighted by Crippen LogP contribution is 2.29. The molecule has 1 N–H and O–H groups in total. The molecule has 0 unspecified atom stereocenters. The van der Waals surface area contributed by atoms with Gasteiger partial charge in [0.25, 0.3) is 0 Å². The largest absolute Gasteiger partial charge is 0.477 e. The standard InChI is InChI=1S/C18H33N3O/c1-9-14-19-15(10-16(20-14)22-11-13(2)3)21-18(7,8)12-17(4,5)6/h10,13H,9,11-12H2,1-8H3,(H,19,20,21). The average molecular weight is 307 g/mol. The predicted octanol–water partition coefficient (Wildman–Crippen LogP) is 4.70. The van der Waals surface area contributed by atoms with Gasteiger partial charge in [-0.25, -0.2) is 4.98 Å². The lowest BCUT2D eigenvalue weighted by Crippen LogP contribution is -2.35. The first kappa shape index (κ1) is 18.7. The molecule has 22 heavy (non-hydrogen) atoms. The predicted molar refractivity (Wildman–Crippen MR) is 93.5 cm³/mol. The first-order valence-electron chi connectivity index (χ1n) is 8.30. The van der Waals surface area contributed by atoms with Gasteiger partial charge in [-0.05, 0) is 31.6 Å². The van der Waals surface area contributed by atoms with Crippen LogP contribution in [0.1, 0.15) is 67.6 Å². The van der Waals surface area contributed by atoms with E-state index < -0.39 is 0 Å². The molecule has 1 rings (SSSR count). The lowest BCUT2D eigenvalue weighted by atomic mass is 9.82. The first-order valence-corrected chi connectivity index (χ1v) is 8.30. The van der Waals surface area contributed by atoms with E-state index in [4.69, 9.17) is 4.74 Å². The number of nitrogens with zero attached hydrogens (tertiary/aromatic N) is 2. The molecule has 0 spiro atoms. The second kappa shape index (κ2) is 7.30. The SMILES string of the molecule is CCc1nc(NC(C)(C)CC(C)(C)C)cc(OCC(C)C)n1. The van der Waals surface area contributed by atoms with Gasteiger partial charge in [-0.2, -0.15) is 4.98 Å². The molecule has 0 fully saturated rings. The highest BCUT2D eigenvalue weighted by atomic mass is 16.5. The lowest BCUT2D eigenvalue weighted by molar-refractivity contribution is 0.260. The van der Waals surface area contributed by atoms with Crippen molar-refractivity contribution in [3.8, 4) is 5.88 Å². The highest BCUT2D eigenvalue weighted by molar-refractivity contribution is 5.41. The summed E-state index contributed by atoms with van der Waals surface area (Å²) in [6.45, 7) is 18.2. The maximum Gasteiger partial charge on any atom is 0.218 e.